The van der Waals surface area contributed by atoms with E-state index in [2.05, 4.69) is 5.32 Å². The average Bonchev–Trinajstić information content (AvgIpc) is 3.16. The molecule has 2 aromatic carbocycles. The minimum Gasteiger partial charge on any atom is -0.456 e. The van der Waals surface area contributed by atoms with Crippen LogP contribution in [0, 0.1) is 22.7 Å². The van der Waals surface area contributed by atoms with Gasteiger partial charge in [0.25, 0.3) is 0 Å². The summed E-state index contributed by atoms with van der Waals surface area (Å²) in [7, 11) is 1.47. The molecule has 14 nitrogen and oxygen atoms in total. The average molecular weight is 820 g/mol. The van der Waals surface area contributed by atoms with Crippen molar-refractivity contribution in [2.75, 3.05) is 13.7 Å². The lowest BCUT2D eigenvalue weighted by Gasteiger charge is -2.68. The molecule has 1 unspecified atom stereocenters. The number of hydrogen-bond donors (Lipinski definition) is 3. The molecule has 1 saturated heterocycles. The number of amides is 1. The van der Waals surface area contributed by atoms with Crippen molar-refractivity contribution in [1.82, 2.24) is 5.32 Å². The standard InChI is InChI=1S/C45H57NO13/c1-24-29(56-39(51)34(48)33(27-17-13-11-14-18-27)46-40(52)59-41(4,5)6)22-45(53)37(57-38(50)28-19-15-12-16-20-28)35-43(9,36(49)25(2)32(24)42(45,7)8)30(54-10)21-31-44(35,23-55-31)58-26(3)47/h11-20,25,29-31,33-35,37,48,53H,21-23H2,1-10H3,(H,46,52)/t25-,29+,30+,31-,33-,34-,35?,37+,43-,44+,45-/m1/s1. The minimum absolute atomic E-state index is 0.149. The highest BCUT2D eigenvalue weighted by atomic mass is 16.6. The van der Waals surface area contributed by atoms with Gasteiger partial charge in [0.05, 0.1) is 35.6 Å². The van der Waals surface area contributed by atoms with Crippen molar-refractivity contribution in [3.63, 3.8) is 0 Å². The number of aliphatic hydroxyl groups excluding tert-OH is 1. The van der Waals surface area contributed by atoms with E-state index >= 15 is 4.79 Å². The second-order valence-corrected chi connectivity index (χ2v) is 18.1. The third kappa shape index (κ3) is 7.46. The van der Waals surface area contributed by atoms with E-state index in [4.69, 9.17) is 28.4 Å². The van der Waals surface area contributed by atoms with Gasteiger partial charge in [-0.05, 0) is 63.5 Å². The Morgan fingerprint density at radius 1 is 0.966 bits per heavy atom. The summed E-state index contributed by atoms with van der Waals surface area (Å²) in [5.74, 6) is -5.10. The van der Waals surface area contributed by atoms with Crippen LogP contribution in [0.2, 0.25) is 0 Å². The van der Waals surface area contributed by atoms with E-state index in [-0.39, 0.29) is 30.8 Å². The van der Waals surface area contributed by atoms with Crippen LogP contribution in [0.25, 0.3) is 0 Å². The number of esters is 3. The lowest BCUT2D eigenvalue weighted by molar-refractivity contribution is -0.346. The molecule has 0 radical (unpaired) electrons. The Balaban J connectivity index is 1.50. The fourth-order valence-electron chi connectivity index (χ4n) is 10.4. The van der Waals surface area contributed by atoms with E-state index in [1.165, 1.54) is 14.0 Å². The smallest absolute Gasteiger partial charge is 0.408 e. The number of alkyl carbamates (subject to hydrolysis) is 1. The van der Waals surface area contributed by atoms with Gasteiger partial charge in [-0.2, -0.15) is 0 Å². The van der Waals surface area contributed by atoms with Crippen molar-refractivity contribution < 1.29 is 62.6 Å². The second-order valence-electron chi connectivity index (χ2n) is 18.1. The molecule has 3 aliphatic carbocycles. The fourth-order valence-corrected chi connectivity index (χ4v) is 10.4. The first kappa shape index (κ1) is 43.9. The van der Waals surface area contributed by atoms with Crippen molar-refractivity contribution in [2.45, 2.75) is 129 Å². The van der Waals surface area contributed by atoms with Gasteiger partial charge in [0, 0.05) is 38.2 Å². The third-order valence-electron chi connectivity index (χ3n) is 13.1. The number of methoxy groups -OCH3 is 1. The Morgan fingerprint density at radius 2 is 1.58 bits per heavy atom. The number of carbonyl (C=O) groups is 5. The van der Waals surface area contributed by atoms with Crippen LogP contribution >= 0.6 is 0 Å². The van der Waals surface area contributed by atoms with Crippen LogP contribution in [0.15, 0.2) is 71.8 Å². The zero-order valence-corrected chi connectivity index (χ0v) is 35.4. The maximum Gasteiger partial charge on any atom is 0.408 e. The van der Waals surface area contributed by atoms with E-state index in [1.54, 1.807) is 116 Å². The highest BCUT2D eigenvalue weighted by molar-refractivity contribution is 5.92. The predicted octanol–water partition coefficient (Wildman–Crippen LogP) is 5.19. The summed E-state index contributed by atoms with van der Waals surface area (Å²) >= 11 is 0. The number of ether oxygens (including phenoxy) is 6. The molecule has 1 heterocycles. The Hall–Kier alpha value is -4.63. The molecule has 0 aromatic heterocycles. The quantitative estimate of drug-likeness (QED) is 0.170. The third-order valence-corrected chi connectivity index (χ3v) is 13.1. The number of aliphatic hydroxyl groups is 2. The van der Waals surface area contributed by atoms with Gasteiger partial charge in [0.1, 0.15) is 35.3 Å². The van der Waals surface area contributed by atoms with E-state index in [9.17, 15) is 29.4 Å². The molecular weight excluding hydrogens is 762 g/mol. The van der Waals surface area contributed by atoms with Crippen molar-refractivity contribution in [3.05, 3.63) is 82.9 Å². The molecule has 1 aliphatic heterocycles. The second kappa shape index (κ2) is 15.8. The molecule has 2 saturated carbocycles. The first-order chi connectivity index (χ1) is 27.5. The lowest BCUT2D eigenvalue weighted by Crippen LogP contribution is -2.81. The maximum absolute atomic E-state index is 15.4. The SMILES string of the molecule is CO[C@H]1C[C@H]2OC[C@@]2(OC(C)=O)C2[C@H](OC(=O)c3ccccc3)[C@]3(O)C[C@H](OC(=O)[C@H](O)[C@H](NC(=O)OC(C)(C)C)c4ccccc4)C(C)=C([C@@H](C)C(=O)[C@@]21C)C3(C)C. The van der Waals surface area contributed by atoms with Gasteiger partial charge in [-0.15, -0.1) is 0 Å². The van der Waals surface area contributed by atoms with Gasteiger partial charge < -0.3 is 44.0 Å². The van der Waals surface area contributed by atoms with Crippen LogP contribution in [0.1, 0.15) is 97.1 Å². The molecular formula is C45H57NO13. The Kier molecular flexibility index (Phi) is 11.7. The van der Waals surface area contributed by atoms with Crippen molar-refractivity contribution >= 4 is 29.8 Å². The summed E-state index contributed by atoms with van der Waals surface area (Å²) in [5, 5.41) is 27.9. The molecule has 2 aromatic rings. The van der Waals surface area contributed by atoms with E-state index < -0.39 is 100 Å². The summed E-state index contributed by atoms with van der Waals surface area (Å²) < 4.78 is 36.3. The van der Waals surface area contributed by atoms with Gasteiger partial charge in [0.15, 0.2) is 11.7 Å². The largest absolute Gasteiger partial charge is 0.456 e. The molecule has 11 atom stereocenters. The van der Waals surface area contributed by atoms with Crippen LogP contribution in [0.3, 0.4) is 0 Å². The van der Waals surface area contributed by atoms with Crippen LogP contribution in [-0.4, -0.2) is 101 Å². The van der Waals surface area contributed by atoms with Crippen LogP contribution < -0.4 is 5.32 Å². The summed E-state index contributed by atoms with van der Waals surface area (Å²) in [6.45, 7) is 14.7. The Bertz CT molecular complexity index is 1990. The summed E-state index contributed by atoms with van der Waals surface area (Å²) in [4.78, 5) is 69.9. The van der Waals surface area contributed by atoms with Crippen molar-refractivity contribution in [3.8, 4) is 0 Å². The maximum atomic E-state index is 15.4. The van der Waals surface area contributed by atoms with Crippen molar-refractivity contribution in [2.24, 2.45) is 22.7 Å². The number of rotatable bonds is 9. The van der Waals surface area contributed by atoms with Crippen LogP contribution in [-0.2, 0) is 42.8 Å². The highest BCUT2D eigenvalue weighted by Crippen LogP contribution is 2.65. The lowest BCUT2D eigenvalue weighted by atomic mass is 9.43. The number of nitrogens with one attached hydrogen (secondary N) is 1. The molecule has 320 valence electrons. The molecule has 4 aliphatic rings. The zero-order valence-electron chi connectivity index (χ0n) is 35.4. The number of ketones is 1. The predicted molar refractivity (Wildman–Crippen MR) is 212 cm³/mol. The normalized spacial score (nSPS) is 33.3. The Morgan fingerprint density at radius 3 is 2.12 bits per heavy atom. The molecule has 0 spiro atoms. The number of carbonyl (C=O) groups excluding carboxylic acids is 5. The summed E-state index contributed by atoms with van der Waals surface area (Å²) in [5.41, 5.74) is -5.99. The number of benzene rings is 2. The highest BCUT2D eigenvalue weighted by Gasteiger charge is 2.78. The van der Waals surface area contributed by atoms with Gasteiger partial charge >= 0.3 is 24.0 Å². The molecule has 6 rings (SSSR count). The first-order valence-electron chi connectivity index (χ1n) is 20.0. The molecule has 1 amide bonds. The number of Topliss-reactive ketones (excluding diaryl/α,β-unsaturated/α-hetero) is 1. The summed E-state index contributed by atoms with van der Waals surface area (Å²) in [6, 6.07) is 15.2. The van der Waals surface area contributed by atoms with E-state index in [1.807, 2.05) is 0 Å². The van der Waals surface area contributed by atoms with E-state index in [0.717, 1.165) is 0 Å². The van der Waals surface area contributed by atoms with Gasteiger partial charge in [0.2, 0.25) is 0 Å². The molecule has 59 heavy (non-hydrogen) atoms. The number of fused-ring (bicyclic) bond motifs is 5. The molecule has 14 heteroatoms. The van der Waals surface area contributed by atoms with Crippen LogP contribution in [0.4, 0.5) is 4.79 Å². The first-order valence-corrected chi connectivity index (χ1v) is 20.0. The van der Waals surface area contributed by atoms with E-state index in [0.29, 0.717) is 16.7 Å². The summed E-state index contributed by atoms with van der Waals surface area (Å²) in [6.07, 6.45) is -7.53. The van der Waals surface area contributed by atoms with Gasteiger partial charge in [-0.1, -0.05) is 69.3 Å². The fraction of sp³-hybridized carbons (Fsp3) is 0.578. The minimum atomic E-state index is -2.14. The molecule has 3 N–H and O–H groups in total. The zero-order chi connectivity index (χ0) is 43.5. The van der Waals surface area contributed by atoms with Crippen LogP contribution in [0.5, 0.6) is 0 Å². The Labute approximate surface area is 344 Å². The topological polar surface area (TPSA) is 193 Å². The monoisotopic (exact) mass is 819 g/mol. The molecule has 2 bridgehead atoms. The van der Waals surface area contributed by atoms with Gasteiger partial charge in [-0.3, -0.25) is 9.59 Å². The number of hydrogen-bond acceptors (Lipinski definition) is 13. The van der Waals surface area contributed by atoms with Crippen molar-refractivity contribution in [1.29, 1.82) is 0 Å². The van der Waals surface area contributed by atoms with Gasteiger partial charge in [-0.25, -0.2) is 14.4 Å². The molecule has 3 fully saturated rings.